The molecule has 1 aliphatic carbocycles. The van der Waals surface area contributed by atoms with Gasteiger partial charge in [-0.1, -0.05) is 12.1 Å². The summed E-state index contributed by atoms with van der Waals surface area (Å²) in [7, 11) is -3.86. The van der Waals surface area contributed by atoms with E-state index in [2.05, 4.69) is 5.32 Å². The Kier molecular flexibility index (Phi) is 6.37. The Bertz CT molecular complexity index is 1230. The molecule has 0 unspecified atom stereocenters. The van der Waals surface area contributed by atoms with E-state index in [0.717, 1.165) is 6.07 Å². The van der Waals surface area contributed by atoms with Crippen LogP contribution in [0.25, 0.3) is 0 Å². The first-order valence-corrected chi connectivity index (χ1v) is 11.9. The zero-order valence-electron chi connectivity index (χ0n) is 17.7. The van der Waals surface area contributed by atoms with Gasteiger partial charge in [0, 0.05) is 37.2 Å². The molecule has 0 aromatic heterocycles. The zero-order chi connectivity index (χ0) is 23.6. The molecule has 2 aliphatic rings. The fourth-order valence-electron chi connectivity index (χ4n) is 4.08. The predicted molar refractivity (Wildman–Crippen MR) is 116 cm³/mol. The fourth-order valence-corrected chi connectivity index (χ4v) is 5.88. The number of rotatable bonds is 8. The van der Waals surface area contributed by atoms with Crippen LogP contribution in [0.1, 0.15) is 24.0 Å². The number of nitrogens with zero attached hydrogens (tertiary/aromatic N) is 3. The summed E-state index contributed by atoms with van der Waals surface area (Å²) in [5, 5.41) is 31.1. The number of sulfonamides is 1. The van der Waals surface area contributed by atoms with Crippen LogP contribution in [0.5, 0.6) is 5.75 Å². The number of aliphatic hydroxyl groups excluding tert-OH is 1. The van der Waals surface area contributed by atoms with Gasteiger partial charge in [-0.15, -0.1) is 0 Å². The van der Waals surface area contributed by atoms with Crippen LogP contribution in [-0.2, 0) is 10.0 Å². The second kappa shape index (κ2) is 9.08. The molecule has 0 radical (unpaired) electrons. The van der Waals surface area contributed by atoms with Crippen molar-refractivity contribution in [1.82, 2.24) is 9.62 Å². The lowest BCUT2D eigenvalue weighted by Gasteiger charge is -2.50. The third-order valence-corrected chi connectivity index (χ3v) is 7.98. The van der Waals surface area contributed by atoms with E-state index >= 15 is 0 Å². The molecule has 2 aromatic carbocycles. The highest BCUT2D eigenvalue weighted by atomic mass is 32.2. The highest BCUT2D eigenvalue weighted by Crippen LogP contribution is 2.37. The van der Waals surface area contributed by atoms with E-state index < -0.39 is 21.3 Å². The lowest BCUT2D eigenvalue weighted by Crippen LogP contribution is -2.65. The van der Waals surface area contributed by atoms with Crippen molar-refractivity contribution in [1.29, 1.82) is 10.5 Å². The molecule has 1 heterocycles. The minimum atomic E-state index is -3.86. The third-order valence-electron chi connectivity index (χ3n) is 6.13. The average molecular weight is 471 g/mol. The van der Waals surface area contributed by atoms with Gasteiger partial charge < -0.3 is 15.2 Å². The first-order valence-electron chi connectivity index (χ1n) is 10.5. The number of nitrogens with one attached hydrogen (secondary N) is 1. The highest BCUT2D eigenvalue weighted by Gasteiger charge is 2.50. The SMILES string of the molecule is N#Cc1ccc(OCC2(CN[C@H]3C[C@H](O)C3)CN(S(=O)(=O)c3ccccc3C#N)C2)cc1F. The van der Waals surface area contributed by atoms with Gasteiger partial charge in [-0.05, 0) is 37.1 Å². The van der Waals surface area contributed by atoms with Crippen LogP contribution >= 0.6 is 0 Å². The Morgan fingerprint density at radius 2 is 1.85 bits per heavy atom. The van der Waals surface area contributed by atoms with E-state index in [1.165, 1.54) is 28.6 Å². The van der Waals surface area contributed by atoms with Crippen molar-refractivity contribution in [2.75, 3.05) is 26.2 Å². The molecule has 0 spiro atoms. The largest absolute Gasteiger partial charge is 0.493 e. The molecule has 1 saturated carbocycles. The van der Waals surface area contributed by atoms with E-state index in [1.54, 1.807) is 18.2 Å². The fraction of sp³-hybridized carbons (Fsp3) is 0.391. The Balaban J connectivity index is 1.48. The van der Waals surface area contributed by atoms with E-state index in [9.17, 15) is 23.2 Å². The molecule has 1 aliphatic heterocycles. The summed E-state index contributed by atoms with van der Waals surface area (Å²) in [5.41, 5.74) is -0.570. The van der Waals surface area contributed by atoms with Crippen LogP contribution in [0, 0.1) is 33.9 Å². The van der Waals surface area contributed by atoms with E-state index in [0.29, 0.717) is 19.4 Å². The molecule has 8 nitrogen and oxygen atoms in total. The topological polar surface area (TPSA) is 126 Å². The Labute approximate surface area is 191 Å². The minimum absolute atomic E-state index is 0.0359. The maximum absolute atomic E-state index is 13.9. The smallest absolute Gasteiger partial charge is 0.244 e. The van der Waals surface area contributed by atoms with Crippen molar-refractivity contribution < 1.29 is 22.7 Å². The lowest BCUT2D eigenvalue weighted by molar-refractivity contribution is 0.00346. The molecule has 1 saturated heterocycles. The van der Waals surface area contributed by atoms with Crippen molar-refractivity contribution >= 4 is 10.0 Å². The molecular formula is C23H23FN4O4S. The summed E-state index contributed by atoms with van der Waals surface area (Å²) in [6.07, 6.45) is 0.946. The number of aliphatic hydroxyl groups is 1. The number of nitriles is 2. The molecule has 4 rings (SSSR count). The predicted octanol–water partition coefficient (Wildman–Crippen LogP) is 1.75. The number of hydrogen-bond donors (Lipinski definition) is 2. The van der Waals surface area contributed by atoms with Crippen LogP contribution in [0.2, 0.25) is 0 Å². The van der Waals surface area contributed by atoms with Crippen LogP contribution in [-0.4, -0.2) is 56.2 Å². The summed E-state index contributed by atoms with van der Waals surface area (Å²) in [4.78, 5) is -0.0359. The van der Waals surface area contributed by atoms with Gasteiger partial charge >= 0.3 is 0 Å². The van der Waals surface area contributed by atoms with Crippen molar-refractivity contribution in [3.05, 3.63) is 59.4 Å². The van der Waals surface area contributed by atoms with E-state index in [-0.39, 0.29) is 53.6 Å². The van der Waals surface area contributed by atoms with Crippen LogP contribution < -0.4 is 10.1 Å². The minimum Gasteiger partial charge on any atom is -0.493 e. The Morgan fingerprint density at radius 3 is 2.48 bits per heavy atom. The highest BCUT2D eigenvalue weighted by molar-refractivity contribution is 7.89. The van der Waals surface area contributed by atoms with E-state index in [1.807, 2.05) is 6.07 Å². The van der Waals surface area contributed by atoms with E-state index in [4.69, 9.17) is 10.00 Å². The maximum Gasteiger partial charge on any atom is 0.244 e. The summed E-state index contributed by atoms with van der Waals surface area (Å²) in [6, 6.07) is 13.9. The molecule has 0 atom stereocenters. The molecule has 2 fully saturated rings. The molecule has 2 N–H and O–H groups in total. The van der Waals surface area contributed by atoms with Gasteiger partial charge in [0.1, 0.15) is 23.7 Å². The third kappa shape index (κ3) is 4.70. The standard InChI is InChI=1S/C23H23FN4O4S/c24-21-9-20(6-5-16(21)10-25)32-15-23(12-27-18-7-19(29)8-18)13-28(14-23)33(30,31)22-4-2-1-3-17(22)11-26/h1-6,9,18-19,27,29H,7-8,12-15H2/t18-,19-. The normalized spacial score (nSPS) is 21.8. The van der Waals surface area contributed by atoms with Gasteiger partial charge in [0.25, 0.3) is 0 Å². The molecular weight excluding hydrogens is 447 g/mol. The molecule has 33 heavy (non-hydrogen) atoms. The van der Waals surface area contributed by atoms with Gasteiger partial charge in [0.05, 0.1) is 28.7 Å². The van der Waals surface area contributed by atoms with Crippen LogP contribution in [0.3, 0.4) is 0 Å². The van der Waals surface area contributed by atoms with Gasteiger partial charge in [0.2, 0.25) is 10.0 Å². The van der Waals surface area contributed by atoms with Crippen molar-refractivity contribution in [2.45, 2.75) is 29.9 Å². The maximum atomic E-state index is 13.9. The van der Waals surface area contributed by atoms with Crippen molar-refractivity contribution in [3.63, 3.8) is 0 Å². The Morgan fingerprint density at radius 1 is 1.15 bits per heavy atom. The van der Waals surface area contributed by atoms with Gasteiger partial charge in [0.15, 0.2) is 0 Å². The quantitative estimate of drug-likeness (QED) is 0.602. The van der Waals surface area contributed by atoms with Gasteiger partial charge in [-0.3, -0.25) is 0 Å². The number of benzene rings is 2. The molecule has 0 amide bonds. The second-order valence-electron chi connectivity index (χ2n) is 8.63. The number of ether oxygens (including phenoxy) is 1. The summed E-state index contributed by atoms with van der Waals surface area (Å²) < 4.78 is 47.3. The first-order chi connectivity index (χ1) is 15.8. The number of halogens is 1. The van der Waals surface area contributed by atoms with Crippen LogP contribution in [0.4, 0.5) is 4.39 Å². The molecule has 10 heteroatoms. The Hall–Kier alpha value is -3.02. The van der Waals surface area contributed by atoms with Gasteiger partial charge in [-0.2, -0.15) is 14.8 Å². The second-order valence-corrected chi connectivity index (χ2v) is 10.5. The molecule has 2 aromatic rings. The monoisotopic (exact) mass is 470 g/mol. The summed E-state index contributed by atoms with van der Waals surface area (Å²) in [6.45, 7) is 0.911. The lowest BCUT2D eigenvalue weighted by atomic mass is 9.81. The molecule has 172 valence electrons. The summed E-state index contributed by atoms with van der Waals surface area (Å²) >= 11 is 0. The molecule has 0 bridgehead atoms. The van der Waals surface area contributed by atoms with Gasteiger partial charge in [-0.25, -0.2) is 12.8 Å². The van der Waals surface area contributed by atoms with Crippen LogP contribution in [0.15, 0.2) is 47.4 Å². The number of hydrogen-bond acceptors (Lipinski definition) is 7. The van der Waals surface area contributed by atoms with Crippen molar-refractivity contribution in [3.8, 4) is 17.9 Å². The average Bonchev–Trinajstić information content (AvgIpc) is 2.76. The van der Waals surface area contributed by atoms with Crippen molar-refractivity contribution in [2.24, 2.45) is 5.41 Å². The first kappa shape index (κ1) is 23.1. The zero-order valence-corrected chi connectivity index (χ0v) is 18.6. The summed E-state index contributed by atoms with van der Waals surface area (Å²) in [5.74, 6) is -0.433.